The summed E-state index contributed by atoms with van der Waals surface area (Å²) in [6.07, 6.45) is 0.466. The van der Waals surface area contributed by atoms with Crippen molar-refractivity contribution in [3.63, 3.8) is 0 Å². The zero-order valence-electron chi connectivity index (χ0n) is 17.9. The zero-order chi connectivity index (χ0) is 22.8. The van der Waals surface area contributed by atoms with E-state index in [1.54, 1.807) is 39.0 Å². The highest BCUT2D eigenvalue weighted by atomic mass is 32.2. The van der Waals surface area contributed by atoms with E-state index in [1.165, 1.54) is 31.4 Å². The van der Waals surface area contributed by atoms with Crippen LogP contribution < -0.4 is 14.8 Å². The van der Waals surface area contributed by atoms with Gasteiger partial charge in [0.25, 0.3) is 0 Å². The van der Waals surface area contributed by atoms with Crippen molar-refractivity contribution in [2.24, 2.45) is 0 Å². The fourth-order valence-electron chi connectivity index (χ4n) is 3.27. The Labute approximate surface area is 182 Å². The number of carbonyl (C=O) groups excluding carboxylic acids is 1. The Kier molecular flexibility index (Phi) is 6.56. The minimum Gasteiger partial charge on any atom is -0.494 e. The summed E-state index contributed by atoms with van der Waals surface area (Å²) in [5, 5.41) is 2.73. The first-order valence-electron chi connectivity index (χ1n) is 9.93. The number of hydrogen-bond acceptors (Lipinski definition) is 5. The molecule has 2 aromatic carbocycles. The number of halogens is 1. The van der Waals surface area contributed by atoms with Gasteiger partial charge in [0.15, 0.2) is 11.6 Å². The summed E-state index contributed by atoms with van der Waals surface area (Å²) >= 11 is 0. The molecular formula is C22H27FN2O5S. The van der Waals surface area contributed by atoms with Gasteiger partial charge in [0.1, 0.15) is 5.60 Å². The second-order valence-electron chi connectivity index (χ2n) is 8.51. The summed E-state index contributed by atoms with van der Waals surface area (Å²) in [6, 6.07) is 10.4. The summed E-state index contributed by atoms with van der Waals surface area (Å²) < 4.78 is 52.0. The van der Waals surface area contributed by atoms with Crippen LogP contribution in [0.15, 0.2) is 47.4 Å². The third-order valence-electron chi connectivity index (χ3n) is 4.83. The zero-order valence-corrected chi connectivity index (χ0v) is 18.8. The molecule has 9 heteroatoms. The SMILES string of the molecule is COc1ccc(-c2ccc(S(=O)(=O)NC3CC(NC(=O)OC(C)(C)C)C3)cc2)cc1F. The summed E-state index contributed by atoms with van der Waals surface area (Å²) in [4.78, 5) is 11.9. The lowest BCUT2D eigenvalue weighted by Gasteiger charge is -2.36. The predicted molar refractivity (Wildman–Crippen MR) is 115 cm³/mol. The van der Waals surface area contributed by atoms with Crippen LogP contribution in [0.25, 0.3) is 11.1 Å². The van der Waals surface area contributed by atoms with Crippen LogP contribution in [0.4, 0.5) is 9.18 Å². The molecule has 1 saturated carbocycles. The van der Waals surface area contributed by atoms with Crippen molar-refractivity contribution in [2.75, 3.05) is 7.11 Å². The lowest BCUT2D eigenvalue weighted by atomic mass is 9.88. The summed E-state index contributed by atoms with van der Waals surface area (Å²) in [5.74, 6) is -0.343. The maximum atomic E-state index is 13.9. The van der Waals surface area contributed by atoms with Gasteiger partial charge in [-0.2, -0.15) is 0 Å². The molecule has 31 heavy (non-hydrogen) atoms. The number of carbonyl (C=O) groups is 1. The molecule has 1 aliphatic rings. The van der Waals surface area contributed by atoms with E-state index < -0.39 is 27.5 Å². The molecule has 2 N–H and O–H groups in total. The molecule has 7 nitrogen and oxygen atoms in total. The van der Waals surface area contributed by atoms with Crippen molar-refractivity contribution in [3.8, 4) is 16.9 Å². The van der Waals surface area contributed by atoms with Crippen molar-refractivity contribution in [1.82, 2.24) is 10.0 Å². The standard InChI is InChI=1S/C22H27FN2O5S/c1-22(2,3)30-21(26)24-16-12-17(13-16)25-31(27,28)18-8-5-14(6-9-18)15-7-10-20(29-4)19(23)11-15/h5-11,16-17,25H,12-13H2,1-4H3,(H,24,26). The van der Waals surface area contributed by atoms with Gasteiger partial charge in [-0.25, -0.2) is 22.3 Å². The van der Waals surface area contributed by atoms with Crippen molar-refractivity contribution in [2.45, 2.75) is 56.2 Å². The number of nitrogens with one attached hydrogen (secondary N) is 2. The number of hydrogen-bond donors (Lipinski definition) is 2. The number of amides is 1. The number of benzene rings is 2. The van der Waals surface area contributed by atoms with Crippen LogP contribution in [0, 0.1) is 5.82 Å². The Morgan fingerprint density at radius 2 is 1.65 bits per heavy atom. The van der Waals surface area contributed by atoms with Crippen LogP contribution in [0.1, 0.15) is 33.6 Å². The molecule has 0 aromatic heterocycles. The molecular weight excluding hydrogens is 423 g/mol. The topological polar surface area (TPSA) is 93.7 Å². The largest absolute Gasteiger partial charge is 0.494 e. The van der Waals surface area contributed by atoms with Gasteiger partial charge >= 0.3 is 6.09 Å². The van der Waals surface area contributed by atoms with E-state index in [2.05, 4.69) is 10.0 Å². The van der Waals surface area contributed by atoms with Crippen molar-refractivity contribution in [1.29, 1.82) is 0 Å². The lowest BCUT2D eigenvalue weighted by Crippen LogP contribution is -2.54. The fourth-order valence-corrected chi connectivity index (χ4v) is 4.53. The van der Waals surface area contributed by atoms with Crippen LogP contribution in [0.5, 0.6) is 5.75 Å². The lowest BCUT2D eigenvalue weighted by molar-refractivity contribution is 0.0470. The summed E-state index contributed by atoms with van der Waals surface area (Å²) in [5.41, 5.74) is 0.717. The normalized spacial score (nSPS) is 18.7. The highest BCUT2D eigenvalue weighted by molar-refractivity contribution is 7.89. The third-order valence-corrected chi connectivity index (χ3v) is 6.37. The maximum Gasteiger partial charge on any atom is 0.407 e. The van der Waals surface area contributed by atoms with Crippen molar-refractivity contribution in [3.05, 3.63) is 48.3 Å². The smallest absolute Gasteiger partial charge is 0.407 e. The molecule has 1 fully saturated rings. The quantitative estimate of drug-likeness (QED) is 0.698. The molecule has 0 bridgehead atoms. The van der Waals surface area contributed by atoms with Gasteiger partial charge in [-0.15, -0.1) is 0 Å². The summed E-state index contributed by atoms with van der Waals surface area (Å²) in [7, 11) is -2.32. The molecule has 0 spiro atoms. The molecule has 3 rings (SSSR count). The van der Waals surface area contributed by atoms with E-state index in [9.17, 15) is 17.6 Å². The van der Waals surface area contributed by atoms with Gasteiger partial charge in [0.05, 0.1) is 12.0 Å². The van der Waals surface area contributed by atoms with Crippen molar-refractivity contribution >= 4 is 16.1 Å². The first-order valence-corrected chi connectivity index (χ1v) is 11.4. The maximum absolute atomic E-state index is 13.9. The molecule has 0 aliphatic heterocycles. The number of alkyl carbamates (subject to hydrolysis) is 1. The average molecular weight is 451 g/mol. The number of ether oxygens (including phenoxy) is 2. The first kappa shape index (κ1) is 23.0. The Hall–Kier alpha value is -2.65. The second-order valence-corrected chi connectivity index (χ2v) is 10.2. The van der Waals surface area contributed by atoms with E-state index in [4.69, 9.17) is 9.47 Å². The van der Waals surface area contributed by atoms with Gasteiger partial charge in [0.2, 0.25) is 10.0 Å². The van der Waals surface area contributed by atoms with Gasteiger partial charge in [0, 0.05) is 12.1 Å². The highest BCUT2D eigenvalue weighted by Crippen LogP contribution is 2.27. The fraction of sp³-hybridized carbons (Fsp3) is 0.409. The Bertz CT molecular complexity index is 1040. The first-order chi connectivity index (χ1) is 14.5. The second kappa shape index (κ2) is 8.84. The molecule has 2 aromatic rings. The van der Waals surface area contributed by atoms with E-state index >= 15 is 0 Å². The van der Waals surface area contributed by atoms with Gasteiger partial charge in [-0.05, 0) is 69.0 Å². The highest BCUT2D eigenvalue weighted by Gasteiger charge is 2.34. The van der Waals surface area contributed by atoms with E-state index in [0.29, 0.717) is 24.0 Å². The predicted octanol–water partition coefficient (Wildman–Crippen LogP) is 3.84. The molecule has 0 heterocycles. The molecule has 0 atom stereocenters. The number of sulfonamides is 1. The molecule has 0 radical (unpaired) electrons. The molecule has 168 valence electrons. The van der Waals surface area contributed by atoms with Crippen LogP contribution in [-0.4, -0.2) is 39.3 Å². The van der Waals surface area contributed by atoms with E-state index in [-0.39, 0.29) is 22.7 Å². The summed E-state index contributed by atoms with van der Waals surface area (Å²) in [6.45, 7) is 5.34. The molecule has 0 unspecified atom stereocenters. The third kappa shape index (κ3) is 5.95. The Morgan fingerprint density at radius 1 is 1.03 bits per heavy atom. The number of rotatable bonds is 6. The molecule has 0 saturated heterocycles. The van der Waals surface area contributed by atoms with Crippen LogP contribution in [0.2, 0.25) is 0 Å². The van der Waals surface area contributed by atoms with Gasteiger partial charge < -0.3 is 14.8 Å². The van der Waals surface area contributed by atoms with Gasteiger partial charge in [-0.3, -0.25) is 0 Å². The van der Waals surface area contributed by atoms with Crippen LogP contribution in [0.3, 0.4) is 0 Å². The average Bonchev–Trinajstić information content (AvgIpc) is 2.64. The van der Waals surface area contributed by atoms with E-state index in [0.717, 1.165) is 0 Å². The van der Waals surface area contributed by atoms with E-state index in [1.807, 2.05) is 0 Å². The minimum absolute atomic E-state index is 0.119. The van der Waals surface area contributed by atoms with Gasteiger partial charge in [-0.1, -0.05) is 18.2 Å². The Morgan fingerprint density at radius 3 is 2.19 bits per heavy atom. The molecule has 1 aliphatic carbocycles. The Balaban J connectivity index is 1.57. The number of methoxy groups -OCH3 is 1. The van der Waals surface area contributed by atoms with Crippen molar-refractivity contribution < 1.29 is 27.1 Å². The minimum atomic E-state index is -3.71. The monoisotopic (exact) mass is 450 g/mol. The molecule has 1 amide bonds. The van der Waals surface area contributed by atoms with Crippen LogP contribution in [-0.2, 0) is 14.8 Å². The van der Waals surface area contributed by atoms with Crippen LogP contribution >= 0.6 is 0 Å².